The van der Waals surface area contributed by atoms with E-state index in [4.69, 9.17) is 4.74 Å². The monoisotopic (exact) mass is 248 g/mol. The molecular formula is C16H24O2. The van der Waals surface area contributed by atoms with E-state index < -0.39 is 11.7 Å². The van der Waals surface area contributed by atoms with E-state index in [2.05, 4.69) is 26.0 Å². The molecule has 0 radical (unpaired) electrons. The largest absolute Gasteiger partial charge is 0.385 e. The average Bonchev–Trinajstić information content (AvgIpc) is 2.85. The van der Waals surface area contributed by atoms with Gasteiger partial charge in [0.05, 0.1) is 5.60 Å². The standard InChI is InChI=1S/C16H24O2/c1-4-12(2)13-6-8-14(9-7-13)15(17)16(3)10-5-11-18-16/h6-9,12,15,17H,4-5,10-11H2,1-3H3. The lowest BCUT2D eigenvalue weighted by Crippen LogP contribution is -2.31. The second kappa shape index (κ2) is 5.41. The van der Waals surface area contributed by atoms with Crippen LogP contribution in [0.25, 0.3) is 0 Å². The lowest BCUT2D eigenvalue weighted by Gasteiger charge is -2.29. The molecule has 1 N–H and O–H groups in total. The number of benzene rings is 1. The summed E-state index contributed by atoms with van der Waals surface area (Å²) in [5, 5.41) is 10.4. The van der Waals surface area contributed by atoms with E-state index in [0.717, 1.165) is 31.4 Å². The molecule has 100 valence electrons. The molecule has 2 nitrogen and oxygen atoms in total. The zero-order valence-electron chi connectivity index (χ0n) is 11.6. The number of hydrogen-bond donors (Lipinski definition) is 1. The second-order valence-electron chi connectivity index (χ2n) is 5.64. The molecule has 1 aromatic carbocycles. The Labute approximate surface area is 110 Å². The highest BCUT2D eigenvalue weighted by Gasteiger charge is 2.38. The molecule has 2 rings (SSSR count). The fraction of sp³-hybridized carbons (Fsp3) is 0.625. The number of ether oxygens (including phenoxy) is 1. The van der Waals surface area contributed by atoms with Crippen LogP contribution in [0.2, 0.25) is 0 Å². The molecule has 0 aromatic heterocycles. The van der Waals surface area contributed by atoms with Crippen LogP contribution in [0.4, 0.5) is 0 Å². The first-order valence-electron chi connectivity index (χ1n) is 6.98. The van der Waals surface area contributed by atoms with Gasteiger partial charge >= 0.3 is 0 Å². The summed E-state index contributed by atoms with van der Waals surface area (Å²) in [6.45, 7) is 7.19. The van der Waals surface area contributed by atoms with Crippen molar-refractivity contribution < 1.29 is 9.84 Å². The van der Waals surface area contributed by atoms with Crippen LogP contribution in [0.3, 0.4) is 0 Å². The van der Waals surface area contributed by atoms with Gasteiger partial charge in [0, 0.05) is 6.61 Å². The summed E-state index contributed by atoms with van der Waals surface area (Å²) in [5.41, 5.74) is 1.90. The molecule has 1 fully saturated rings. The number of aliphatic hydroxyl groups is 1. The quantitative estimate of drug-likeness (QED) is 0.878. The fourth-order valence-corrected chi connectivity index (χ4v) is 2.61. The lowest BCUT2D eigenvalue weighted by molar-refractivity contribution is -0.0796. The van der Waals surface area contributed by atoms with Gasteiger partial charge in [-0.05, 0) is 43.2 Å². The third-order valence-electron chi connectivity index (χ3n) is 4.26. The minimum atomic E-state index is -0.522. The normalized spacial score (nSPS) is 27.1. The molecule has 1 saturated heterocycles. The van der Waals surface area contributed by atoms with Gasteiger partial charge in [-0.2, -0.15) is 0 Å². The molecule has 0 saturated carbocycles. The van der Waals surface area contributed by atoms with Crippen molar-refractivity contribution in [3.8, 4) is 0 Å². The summed E-state index contributed by atoms with van der Waals surface area (Å²) >= 11 is 0. The first-order valence-corrected chi connectivity index (χ1v) is 6.98. The number of rotatable bonds is 4. The first kappa shape index (κ1) is 13.6. The van der Waals surface area contributed by atoms with Crippen molar-refractivity contribution in [1.82, 2.24) is 0 Å². The summed E-state index contributed by atoms with van der Waals surface area (Å²) in [6, 6.07) is 8.34. The van der Waals surface area contributed by atoms with E-state index in [0.29, 0.717) is 5.92 Å². The van der Waals surface area contributed by atoms with Gasteiger partial charge in [0.2, 0.25) is 0 Å². The highest BCUT2D eigenvalue weighted by Crippen LogP contribution is 2.37. The van der Waals surface area contributed by atoms with Gasteiger partial charge < -0.3 is 9.84 Å². The summed E-state index contributed by atoms with van der Waals surface area (Å²) in [5.74, 6) is 0.578. The summed E-state index contributed by atoms with van der Waals surface area (Å²) in [7, 11) is 0. The van der Waals surface area contributed by atoms with E-state index in [1.807, 2.05) is 19.1 Å². The molecule has 1 aromatic rings. The average molecular weight is 248 g/mol. The molecule has 18 heavy (non-hydrogen) atoms. The molecular weight excluding hydrogens is 224 g/mol. The molecule has 2 heteroatoms. The van der Waals surface area contributed by atoms with Gasteiger partial charge in [0.15, 0.2) is 0 Å². The van der Waals surface area contributed by atoms with Crippen molar-refractivity contribution in [3.63, 3.8) is 0 Å². The Kier molecular flexibility index (Phi) is 4.08. The third-order valence-corrected chi connectivity index (χ3v) is 4.26. The number of hydrogen-bond acceptors (Lipinski definition) is 2. The Morgan fingerprint density at radius 1 is 1.28 bits per heavy atom. The zero-order chi connectivity index (χ0) is 13.2. The van der Waals surface area contributed by atoms with Crippen LogP contribution in [0.1, 0.15) is 63.2 Å². The SMILES string of the molecule is CCC(C)c1ccc(C(O)C2(C)CCCO2)cc1. The maximum atomic E-state index is 10.4. The van der Waals surface area contributed by atoms with E-state index in [1.165, 1.54) is 5.56 Å². The molecule has 1 aliphatic heterocycles. The molecule has 1 aliphatic rings. The van der Waals surface area contributed by atoms with Crippen LogP contribution >= 0.6 is 0 Å². The summed E-state index contributed by atoms with van der Waals surface area (Å²) < 4.78 is 5.71. The van der Waals surface area contributed by atoms with E-state index >= 15 is 0 Å². The van der Waals surface area contributed by atoms with Gasteiger partial charge in [-0.15, -0.1) is 0 Å². The Morgan fingerprint density at radius 2 is 1.89 bits per heavy atom. The van der Waals surface area contributed by atoms with Gasteiger partial charge in [0.25, 0.3) is 0 Å². The van der Waals surface area contributed by atoms with Crippen molar-refractivity contribution >= 4 is 0 Å². The van der Waals surface area contributed by atoms with Crippen molar-refractivity contribution in [3.05, 3.63) is 35.4 Å². The van der Waals surface area contributed by atoms with Crippen LogP contribution < -0.4 is 0 Å². The minimum Gasteiger partial charge on any atom is -0.385 e. The van der Waals surface area contributed by atoms with Crippen LogP contribution in [0.15, 0.2) is 24.3 Å². The molecule has 1 heterocycles. The Balaban J connectivity index is 2.14. The van der Waals surface area contributed by atoms with E-state index in [1.54, 1.807) is 0 Å². The first-order chi connectivity index (χ1) is 8.57. The molecule has 0 amide bonds. The van der Waals surface area contributed by atoms with E-state index in [9.17, 15) is 5.11 Å². The zero-order valence-corrected chi connectivity index (χ0v) is 11.6. The van der Waals surface area contributed by atoms with E-state index in [-0.39, 0.29) is 0 Å². The van der Waals surface area contributed by atoms with Crippen LogP contribution in [-0.4, -0.2) is 17.3 Å². The topological polar surface area (TPSA) is 29.5 Å². The second-order valence-corrected chi connectivity index (χ2v) is 5.64. The molecule has 0 aliphatic carbocycles. The van der Waals surface area contributed by atoms with Crippen LogP contribution in [-0.2, 0) is 4.74 Å². The summed E-state index contributed by atoms with van der Waals surface area (Å²) in [4.78, 5) is 0. The van der Waals surface area contributed by atoms with Crippen LogP contribution in [0, 0.1) is 0 Å². The van der Waals surface area contributed by atoms with Gasteiger partial charge in [-0.1, -0.05) is 38.1 Å². The van der Waals surface area contributed by atoms with Crippen molar-refractivity contribution in [2.45, 2.75) is 57.7 Å². The number of aliphatic hydroxyl groups excluding tert-OH is 1. The summed E-state index contributed by atoms with van der Waals surface area (Å²) in [6.07, 6.45) is 2.59. The molecule has 3 unspecified atom stereocenters. The smallest absolute Gasteiger partial charge is 0.108 e. The third kappa shape index (κ3) is 2.60. The Hall–Kier alpha value is -0.860. The van der Waals surface area contributed by atoms with Gasteiger partial charge in [-0.3, -0.25) is 0 Å². The predicted octanol–water partition coefficient (Wildman–Crippen LogP) is 3.80. The minimum absolute atomic E-state index is 0.405. The molecule has 0 spiro atoms. The van der Waals surface area contributed by atoms with Gasteiger partial charge in [-0.25, -0.2) is 0 Å². The van der Waals surface area contributed by atoms with Crippen LogP contribution in [0.5, 0.6) is 0 Å². The maximum absolute atomic E-state index is 10.4. The molecule has 0 bridgehead atoms. The highest BCUT2D eigenvalue weighted by atomic mass is 16.5. The Morgan fingerprint density at radius 3 is 2.39 bits per heavy atom. The molecule has 3 atom stereocenters. The van der Waals surface area contributed by atoms with Crippen molar-refractivity contribution in [2.24, 2.45) is 0 Å². The fourth-order valence-electron chi connectivity index (χ4n) is 2.61. The highest BCUT2D eigenvalue weighted by molar-refractivity contribution is 5.28. The Bertz CT molecular complexity index is 377. The van der Waals surface area contributed by atoms with Crippen molar-refractivity contribution in [1.29, 1.82) is 0 Å². The van der Waals surface area contributed by atoms with Crippen molar-refractivity contribution in [2.75, 3.05) is 6.61 Å². The lowest BCUT2D eigenvalue weighted by atomic mass is 9.89. The maximum Gasteiger partial charge on any atom is 0.108 e. The van der Waals surface area contributed by atoms with Gasteiger partial charge in [0.1, 0.15) is 6.10 Å². The predicted molar refractivity (Wildman–Crippen MR) is 73.7 cm³/mol.